The molecule has 0 aliphatic carbocycles. The maximum absolute atomic E-state index is 12.6. The first-order valence-corrected chi connectivity index (χ1v) is 9.51. The van der Waals surface area contributed by atoms with Gasteiger partial charge in [-0.3, -0.25) is 4.79 Å². The number of anilines is 1. The van der Waals surface area contributed by atoms with E-state index < -0.39 is 0 Å². The molecule has 3 aromatic rings. The van der Waals surface area contributed by atoms with Gasteiger partial charge in [-0.2, -0.15) is 0 Å². The number of rotatable bonds is 7. The molecule has 0 fully saturated rings. The summed E-state index contributed by atoms with van der Waals surface area (Å²) in [4.78, 5) is 12.6. The molecule has 0 saturated carbocycles. The number of hydrogen-bond donors (Lipinski definition) is 1. The lowest BCUT2D eigenvalue weighted by Gasteiger charge is -2.14. The van der Waals surface area contributed by atoms with Gasteiger partial charge >= 0.3 is 0 Å². The first-order chi connectivity index (χ1) is 13.0. The van der Waals surface area contributed by atoms with Crippen molar-refractivity contribution < 1.29 is 13.9 Å². The second-order valence-electron chi connectivity index (χ2n) is 5.89. The van der Waals surface area contributed by atoms with Crippen LogP contribution >= 0.6 is 11.8 Å². The summed E-state index contributed by atoms with van der Waals surface area (Å²) >= 11 is 1.37. The Balaban J connectivity index is 1.76. The molecule has 7 nitrogen and oxygen atoms in total. The highest BCUT2D eigenvalue weighted by Crippen LogP contribution is 2.30. The predicted molar refractivity (Wildman–Crippen MR) is 105 cm³/mol. The highest BCUT2D eigenvalue weighted by atomic mass is 32.2. The van der Waals surface area contributed by atoms with Crippen LogP contribution in [0.1, 0.15) is 19.6 Å². The molecule has 1 amide bonds. The van der Waals surface area contributed by atoms with Crippen LogP contribution in [0.4, 0.5) is 5.69 Å². The van der Waals surface area contributed by atoms with Crippen LogP contribution in [0.25, 0.3) is 11.4 Å². The lowest BCUT2D eigenvalue weighted by atomic mass is 10.2. The molecule has 0 aliphatic rings. The predicted octanol–water partition coefficient (Wildman–Crippen LogP) is 3.99. The Labute approximate surface area is 162 Å². The highest BCUT2D eigenvalue weighted by Gasteiger charge is 2.22. The van der Waals surface area contributed by atoms with Crippen molar-refractivity contribution in [3.8, 4) is 17.1 Å². The van der Waals surface area contributed by atoms with Gasteiger partial charge in [-0.25, -0.2) is 0 Å². The van der Waals surface area contributed by atoms with E-state index in [-0.39, 0.29) is 11.2 Å². The van der Waals surface area contributed by atoms with Gasteiger partial charge in [0.2, 0.25) is 5.91 Å². The molecule has 0 bridgehead atoms. The minimum atomic E-state index is -0.359. The van der Waals surface area contributed by atoms with Gasteiger partial charge in [-0.05, 0) is 39.0 Å². The minimum absolute atomic E-state index is 0.129. The lowest BCUT2D eigenvalue weighted by Crippen LogP contribution is -2.23. The Hall–Kier alpha value is -2.74. The van der Waals surface area contributed by atoms with Crippen LogP contribution in [0.5, 0.6) is 5.75 Å². The molecule has 142 valence electrons. The summed E-state index contributed by atoms with van der Waals surface area (Å²) in [6, 6.07) is 9.19. The maximum atomic E-state index is 12.6. The summed E-state index contributed by atoms with van der Waals surface area (Å²) in [5, 5.41) is 11.8. The number of amides is 1. The smallest absolute Gasteiger partial charge is 0.237 e. The molecule has 1 N–H and O–H groups in total. The van der Waals surface area contributed by atoms with Crippen LogP contribution in [0, 0.1) is 6.92 Å². The summed E-state index contributed by atoms with van der Waals surface area (Å²) in [5.41, 5.74) is 1.55. The summed E-state index contributed by atoms with van der Waals surface area (Å²) < 4.78 is 12.6. The lowest BCUT2D eigenvalue weighted by molar-refractivity contribution is -0.115. The molecule has 0 aliphatic heterocycles. The Morgan fingerprint density at radius 1 is 1.33 bits per heavy atom. The number of nitrogens with one attached hydrogen (secondary N) is 1. The number of para-hydroxylation sites is 2. The molecule has 8 heteroatoms. The molecule has 2 heterocycles. The fraction of sp³-hybridized carbons (Fsp3) is 0.316. The first-order valence-electron chi connectivity index (χ1n) is 8.63. The minimum Gasteiger partial charge on any atom is -0.495 e. The van der Waals surface area contributed by atoms with Crippen LogP contribution < -0.4 is 10.1 Å². The molecule has 27 heavy (non-hydrogen) atoms. The number of thioether (sulfide) groups is 1. The van der Waals surface area contributed by atoms with E-state index in [4.69, 9.17) is 9.15 Å². The van der Waals surface area contributed by atoms with E-state index >= 15 is 0 Å². The topological polar surface area (TPSA) is 82.2 Å². The summed E-state index contributed by atoms with van der Waals surface area (Å²) in [6.07, 6.45) is 1.63. The fourth-order valence-electron chi connectivity index (χ4n) is 2.67. The molecular formula is C19H22N4O3S. The Bertz CT molecular complexity index is 935. The fourth-order valence-corrected chi connectivity index (χ4v) is 3.58. The van der Waals surface area contributed by atoms with E-state index in [1.54, 1.807) is 19.4 Å². The van der Waals surface area contributed by atoms with Gasteiger partial charge in [0.25, 0.3) is 0 Å². The summed E-state index contributed by atoms with van der Waals surface area (Å²) in [5.74, 6) is 2.02. The van der Waals surface area contributed by atoms with E-state index in [1.807, 2.05) is 49.6 Å². The van der Waals surface area contributed by atoms with Crippen molar-refractivity contribution in [3.63, 3.8) is 0 Å². The monoisotopic (exact) mass is 386 g/mol. The standard InChI is InChI=1S/C19H22N4O3S/c1-5-23-17(14-10-11-26-12(14)2)21-22-19(23)27-13(3)18(24)20-15-8-6-7-9-16(15)25-4/h6-11,13H,5H2,1-4H3,(H,20,24)/t13-/m0/s1. The Morgan fingerprint density at radius 2 is 2.11 bits per heavy atom. The second-order valence-corrected chi connectivity index (χ2v) is 7.20. The number of carbonyl (C=O) groups excluding carboxylic acids is 1. The van der Waals surface area contributed by atoms with Gasteiger partial charge in [0.1, 0.15) is 11.5 Å². The Kier molecular flexibility index (Phi) is 5.85. The van der Waals surface area contributed by atoms with Crippen molar-refractivity contribution in [3.05, 3.63) is 42.4 Å². The SMILES string of the molecule is CCn1c(S[C@@H](C)C(=O)Nc2ccccc2OC)nnc1-c1ccoc1C. The van der Waals surface area contributed by atoms with Gasteiger partial charge in [0.05, 0.1) is 29.9 Å². The van der Waals surface area contributed by atoms with Gasteiger partial charge in [0.15, 0.2) is 11.0 Å². The molecule has 0 spiro atoms. The zero-order chi connectivity index (χ0) is 19.4. The number of hydrogen-bond acceptors (Lipinski definition) is 6. The van der Waals surface area contributed by atoms with Gasteiger partial charge in [-0.1, -0.05) is 23.9 Å². The van der Waals surface area contributed by atoms with E-state index in [0.717, 1.165) is 17.1 Å². The molecular weight excluding hydrogens is 364 g/mol. The Morgan fingerprint density at radius 3 is 2.78 bits per heavy atom. The van der Waals surface area contributed by atoms with Gasteiger partial charge < -0.3 is 19.0 Å². The second kappa shape index (κ2) is 8.30. The van der Waals surface area contributed by atoms with Crippen LogP contribution in [-0.2, 0) is 11.3 Å². The molecule has 2 aromatic heterocycles. The number of benzene rings is 1. The van der Waals surface area contributed by atoms with Crippen LogP contribution in [0.15, 0.2) is 46.2 Å². The summed E-state index contributed by atoms with van der Waals surface area (Å²) in [7, 11) is 1.58. The van der Waals surface area contributed by atoms with E-state index in [1.165, 1.54) is 11.8 Å². The molecule has 1 aromatic carbocycles. The number of nitrogens with zero attached hydrogens (tertiary/aromatic N) is 3. The van der Waals surface area contributed by atoms with Crippen molar-refractivity contribution in [1.82, 2.24) is 14.8 Å². The normalized spacial score (nSPS) is 12.0. The number of ether oxygens (including phenoxy) is 1. The number of aryl methyl sites for hydroxylation is 1. The third-order valence-electron chi connectivity index (χ3n) is 4.15. The van der Waals surface area contributed by atoms with Crippen molar-refractivity contribution in [2.75, 3.05) is 12.4 Å². The zero-order valence-corrected chi connectivity index (χ0v) is 16.5. The molecule has 1 atom stereocenters. The van der Waals surface area contributed by atoms with Crippen LogP contribution in [0.3, 0.4) is 0 Å². The quantitative estimate of drug-likeness (QED) is 0.618. The number of methoxy groups -OCH3 is 1. The summed E-state index contributed by atoms with van der Waals surface area (Å²) in [6.45, 7) is 6.44. The highest BCUT2D eigenvalue weighted by molar-refractivity contribution is 8.00. The van der Waals surface area contributed by atoms with Crippen molar-refractivity contribution in [2.45, 2.75) is 37.7 Å². The molecule has 0 saturated heterocycles. The van der Waals surface area contributed by atoms with E-state index in [0.29, 0.717) is 23.1 Å². The average Bonchev–Trinajstić information content (AvgIpc) is 3.27. The van der Waals surface area contributed by atoms with Gasteiger partial charge in [-0.15, -0.1) is 10.2 Å². The molecule has 3 rings (SSSR count). The largest absolute Gasteiger partial charge is 0.495 e. The third kappa shape index (κ3) is 4.00. The van der Waals surface area contributed by atoms with Gasteiger partial charge in [0, 0.05) is 6.54 Å². The first kappa shape index (κ1) is 19.0. The zero-order valence-electron chi connectivity index (χ0n) is 15.7. The average molecular weight is 386 g/mol. The maximum Gasteiger partial charge on any atom is 0.237 e. The molecule has 0 radical (unpaired) electrons. The van der Waals surface area contributed by atoms with Crippen molar-refractivity contribution in [1.29, 1.82) is 0 Å². The number of carbonyl (C=O) groups is 1. The van der Waals surface area contributed by atoms with E-state index in [9.17, 15) is 4.79 Å². The van der Waals surface area contributed by atoms with Crippen LogP contribution in [-0.4, -0.2) is 33.0 Å². The number of aromatic nitrogens is 3. The third-order valence-corrected chi connectivity index (χ3v) is 5.23. The van der Waals surface area contributed by atoms with Crippen molar-refractivity contribution in [2.24, 2.45) is 0 Å². The van der Waals surface area contributed by atoms with E-state index in [2.05, 4.69) is 15.5 Å². The van der Waals surface area contributed by atoms with Crippen molar-refractivity contribution >= 4 is 23.4 Å². The molecule has 0 unspecified atom stereocenters. The van der Waals surface area contributed by atoms with Crippen LogP contribution in [0.2, 0.25) is 0 Å². The number of furan rings is 1.